The van der Waals surface area contributed by atoms with Gasteiger partial charge in [-0.05, 0) is 91.6 Å². The van der Waals surface area contributed by atoms with E-state index >= 15 is 0 Å². The molecule has 7 heteroatoms. The number of fused-ring (bicyclic) bond motifs is 1. The Kier molecular flexibility index (Phi) is 6.07. The van der Waals surface area contributed by atoms with Crippen molar-refractivity contribution in [3.05, 3.63) is 88.7 Å². The average Bonchev–Trinajstić information content (AvgIpc) is 3.26. The van der Waals surface area contributed by atoms with Crippen molar-refractivity contribution in [2.75, 3.05) is 18.4 Å². The number of rotatable bonds is 4. The quantitative estimate of drug-likeness (QED) is 0.281. The highest BCUT2D eigenvalue weighted by Crippen LogP contribution is 2.24. The summed E-state index contributed by atoms with van der Waals surface area (Å²) in [5, 5.41) is 18.7. The van der Waals surface area contributed by atoms with Crippen molar-refractivity contribution >= 4 is 39.8 Å². The maximum absolute atomic E-state index is 13.2. The van der Waals surface area contributed by atoms with Crippen LogP contribution in [0.1, 0.15) is 41.0 Å². The predicted molar refractivity (Wildman–Crippen MR) is 137 cm³/mol. The molecule has 1 saturated heterocycles. The third-order valence-electron chi connectivity index (χ3n) is 6.18. The van der Waals surface area contributed by atoms with E-state index in [9.17, 15) is 4.79 Å². The largest absolute Gasteiger partial charge is 0.357 e. The minimum Gasteiger partial charge on any atom is -0.357 e. The Morgan fingerprint density at radius 2 is 1.65 bits per heavy atom. The lowest BCUT2D eigenvalue weighted by Gasteiger charge is -2.29. The van der Waals surface area contributed by atoms with Crippen LogP contribution in [-0.2, 0) is 0 Å². The molecule has 1 aromatic heterocycles. The number of halogens is 1. The first-order chi connectivity index (χ1) is 16.5. The van der Waals surface area contributed by atoms with Crippen molar-refractivity contribution in [3.8, 4) is 5.69 Å². The van der Waals surface area contributed by atoms with Crippen molar-refractivity contribution in [1.82, 2.24) is 14.7 Å². The molecule has 0 bridgehead atoms. The first-order valence-corrected chi connectivity index (χ1v) is 11.9. The number of hydrogen-bond acceptors (Lipinski definition) is 3. The number of amides is 1. The standard InChI is InChI=1S/C27H26ClN5O/c1-18-15-25(33(31-18)24-12-8-20-16-22(28)9-5-21(20)17-24)27(34)30-23-10-6-19(7-11-23)26(29)32-13-3-2-4-14-32/h5-12,15-17,29H,2-4,13-14H2,1H3,(H,30,34). The van der Waals surface area contributed by atoms with Crippen LogP contribution in [0.3, 0.4) is 0 Å². The molecule has 3 aromatic carbocycles. The number of amidine groups is 1. The third kappa shape index (κ3) is 4.54. The zero-order chi connectivity index (χ0) is 23.7. The van der Waals surface area contributed by atoms with Gasteiger partial charge >= 0.3 is 0 Å². The van der Waals surface area contributed by atoms with Gasteiger partial charge in [0.1, 0.15) is 11.5 Å². The number of nitrogens with one attached hydrogen (secondary N) is 2. The van der Waals surface area contributed by atoms with Crippen LogP contribution in [0.4, 0.5) is 5.69 Å². The molecule has 0 unspecified atom stereocenters. The molecule has 1 aliphatic heterocycles. The molecule has 2 N–H and O–H groups in total. The summed E-state index contributed by atoms with van der Waals surface area (Å²) in [6.45, 7) is 3.74. The van der Waals surface area contributed by atoms with Gasteiger partial charge in [-0.1, -0.05) is 23.7 Å². The van der Waals surface area contributed by atoms with Crippen LogP contribution in [0.5, 0.6) is 0 Å². The summed E-state index contributed by atoms with van der Waals surface area (Å²) >= 11 is 6.10. The van der Waals surface area contributed by atoms with E-state index < -0.39 is 0 Å². The SMILES string of the molecule is Cc1cc(C(=O)Nc2ccc(C(=N)N3CCCCC3)cc2)n(-c2ccc3cc(Cl)ccc3c2)n1. The Morgan fingerprint density at radius 3 is 2.41 bits per heavy atom. The van der Waals surface area contributed by atoms with Gasteiger partial charge in [-0.2, -0.15) is 5.10 Å². The second-order valence-electron chi connectivity index (χ2n) is 8.69. The lowest BCUT2D eigenvalue weighted by molar-refractivity contribution is 0.101. The molecule has 0 spiro atoms. The number of piperidine rings is 1. The smallest absolute Gasteiger partial charge is 0.274 e. The minimum absolute atomic E-state index is 0.240. The summed E-state index contributed by atoms with van der Waals surface area (Å²) < 4.78 is 1.67. The van der Waals surface area contributed by atoms with Crippen LogP contribution in [0.15, 0.2) is 66.7 Å². The van der Waals surface area contributed by atoms with E-state index in [1.807, 2.05) is 67.6 Å². The van der Waals surface area contributed by atoms with E-state index in [-0.39, 0.29) is 5.91 Å². The van der Waals surface area contributed by atoms with Crippen LogP contribution in [0.2, 0.25) is 5.02 Å². The monoisotopic (exact) mass is 471 g/mol. The topological polar surface area (TPSA) is 74.0 Å². The van der Waals surface area contributed by atoms with Gasteiger partial charge in [0.15, 0.2) is 0 Å². The van der Waals surface area contributed by atoms with Gasteiger partial charge in [-0.3, -0.25) is 10.2 Å². The first-order valence-electron chi connectivity index (χ1n) is 11.5. The zero-order valence-electron chi connectivity index (χ0n) is 19.0. The normalized spacial score (nSPS) is 13.8. The number of anilines is 1. The van der Waals surface area contributed by atoms with Crippen molar-refractivity contribution in [2.24, 2.45) is 0 Å². The highest BCUT2D eigenvalue weighted by molar-refractivity contribution is 6.31. The molecule has 0 saturated carbocycles. The molecule has 1 amide bonds. The number of likely N-dealkylation sites (tertiary alicyclic amines) is 1. The van der Waals surface area contributed by atoms with Crippen LogP contribution in [0, 0.1) is 12.3 Å². The van der Waals surface area contributed by atoms with Crippen LogP contribution in [0.25, 0.3) is 16.5 Å². The number of carbonyl (C=O) groups excluding carboxylic acids is 1. The van der Waals surface area contributed by atoms with Crippen LogP contribution < -0.4 is 5.32 Å². The predicted octanol–water partition coefficient (Wildman–Crippen LogP) is 6.05. The molecule has 1 aliphatic rings. The maximum atomic E-state index is 13.2. The number of aryl methyl sites for hydroxylation is 1. The third-order valence-corrected chi connectivity index (χ3v) is 6.42. The Labute approximate surface area is 203 Å². The molecular formula is C27H26ClN5O. The zero-order valence-corrected chi connectivity index (χ0v) is 19.8. The van der Waals surface area contributed by atoms with E-state index in [1.54, 1.807) is 10.7 Å². The number of nitrogens with zero attached hydrogens (tertiary/aromatic N) is 3. The van der Waals surface area contributed by atoms with Crippen molar-refractivity contribution < 1.29 is 4.79 Å². The van der Waals surface area contributed by atoms with Gasteiger partial charge in [-0.25, -0.2) is 4.68 Å². The van der Waals surface area contributed by atoms with Gasteiger partial charge in [0.25, 0.3) is 5.91 Å². The average molecular weight is 472 g/mol. The molecule has 6 nitrogen and oxygen atoms in total. The Bertz CT molecular complexity index is 1370. The number of carbonyl (C=O) groups is 1. The van der Waals surface area contributed by atoms with Gasteiger partial charge < -0.3 is 10.2 Å². The molecule has 172 valence electrons. The molecule has 5 rings (SSSR count). The second kappa shape index (κ2) is 9.31. The lowest BCUT2D eigenvalue weighted by Crippen LogP contribution is -2.35. The van der Waals surface area contributed by atoms with Gasteiger partial charge in [0.05, 0.1) is 11.4 Å². The number of aromatic nitrogens is 2. The fourth-order valence-corrected chi connectivity index (χ4v) is 4.58. The fourth-order valence-electron chi connectivity index (χ4n) is 4.40. The van der Waals surface area contributed by atoms with Gasteiger partial charge in [0, 0.05) is 29.4 Å². The highest BCUT2D eigenvalue weighted by Gasteiger charge is 2.18. The molecule has 4 aromatic rings. The van der Waals surface area contributed by atoms with E-state index in [1.165, 1.54) is 6.42 Å². The Hall–Kier alpha value is -3.64. The maximum Gasteiger partial charge on any atom is 0.274 e. The Balaban J connectivity index is 1.36. The molecule has 0 atom stereocenters. The highest BCUT2D eigenvalue weighted by atomic mass is 35.5. The molecule has 0 radical (unpaired) electrons. The summed E-state index contributed by atoms with van der Waals surface area (Å²) in [6, 6.07) is 20.9. The number of benzene rings is 3. The van der Waals surface area contributed by atoms with Crippen LogP contribution >= 0.6 is 11.6 Å². The lowest BCUT2D eigenvalue weighted by atomic mass is 10.1. The van der Waals surface area contributed by atoms with Gasteiger partial charge in [0.2, 0.25) is 0 Å². The number of hydrogen-bond donors (Lipinski definition) is 2. The second-order valence-corrected chi connectivity index (χ2v) is 9.12. The molecule has 0 aliphatic carbocycles. The van der Waals surface area contributed by atoms with E-state index in [0.717, 1.165) is 53.6 Å². The summed E-state index contributed by atoms with van der Waals surface area (Å²) in [7, 11) is 0. The summed E-state index contributed by atoms with van der Waals surface area (Å²) in [6.07, 6.45) is 3.50. The van der Waals surface area contributed by atoms with E-state index in [0.29, 0.717) is 22.2 Å². The van der Waals surface area contributed by atoms with E-state index in [4.69, 9.17) is 17.0 Å². The molecule has 1 fully saturated rings. The summed E-state index contributed by atoms with van der Waals surface area (Å²) in [4.78, 5) is 15.3. The Morgan fingerprint density at radius 1 is 0.941 bits per heavy atom. The molecule has 34 heavy (non-hydrogen) atoms. The molecular weight excluding hydrogens is 446 g/mol. The van der Waals surface area contributed by atoms with Crippen LogP contribution in [-0.4, -0.2) is 39.5 Å². The fraction of sp³-hybridized carbons (Fsp3) is 0.222. The molecule has 2 heterocycles. The first kappa shape index (κ1) is 22.2. The van der Waals surface area contributed by atoms with Crippen molar-refractivity contribution in [2.45, 2.75) is 26.2 Å². The summed E-state index contributed by atoms with van der Waals surface area (Å²) in [5.41, 5.74) is 3.55. The minimum atomic E-state index is -0.240. The van der Waals surface area contributed by atoms with E-state index in [2.05, 4.69) is 15.3 Å². The van der Waals surface area contributed by atoms with Gasteiger partial charge in [-0.15, -0.1) is 0 Å². The van der Waals surface area contributed by atoms with Crippen molar-refractivity contribution in [1.29, 1.82) is 5.41 Å². The summed E-state index contributed by atoms with van der Waals surface area (Å²) in [5.74, 6) is 0.305. The van der Waals surface area contributed by atoms with Crippen molar-refractivity contribution in [3.63, 3.8) is 0 Å².